The van der Waals surface area contributed by atoms with Gasteiger partial charge in [-0.05, 0) is 6.92 Å². The molecule has 1 N–H and O–H groups in total. The number of fused-ring (bicyclic) bond motifs is 1. The summed E-state index contributed by atoms with van der Waals surface area (Å²) in [5.74, 6) is 2.78. The zero-order chi connectivity index (χ0) is 16.7. The maximum Gasteiger partial charge on any atom is 0.262 e. The number of aryl methyl sites for hydroxylation is 2. The number of anilines is 1. The zero-order valence-electron chi connectivity index (χ0n) is 13.4. The Labute approximate surface area is 143 Å². The minimum Gasteiger partial charge on any atom is -0.360 e. The summed E-state index contributed by atoms with van der Waals surface area (Å²) in [6, 6.07) is 9.56. The Bertz CT molecular complexity index is 914. The van der Waals surface area contributed by atoms with Gasteiger partial charge in [0.15, 0.2) is 0 Å². The Kier molecular flexibility index (Phi) is 3.65. The number of benzene rings is 1. The number of thioether (sulfide) groups is 1. The number of hydrogen-bond acceptors (Lipinski definition) is 5. The maximum atomic E-state index is 12.9. The van der Waals surface area contributed by atoms with E-state index in [9.17, 15) is 4.79 Å². The van der Waals surface area contributed by atoms with Crippen LogP contribution in [-0.4, -0.2) is 20.8 Å². The molecule has 0 bridgehead atoms. The van der Waals surface area contributed by atoms with Crippen LogP contribution in [0.4, 0.5) is 5.82 Å². The largest absolute Gasteiger partial charge is 0.360 e. The Balaban J connectivity index is 1.70. The van der Waals surface area contributed by atoms with Crippen LogP contribution < -0.4 is 5.32 Å². The lowest BCUT2D eigenvalue weighted by Crippen LogP contribution is -2.16. The lowest BCUT2D eigenvalue weighted by molar-refractivity contribution is 0.102. The van der Waals surface area contributed by atoms with Crippen molar-refractivity contribution in [3.8, 4) is 11.3 Å². The molecule has 7 heteroatoms. The van der Waals surface area contributed by atoms with Gasteiger partial charge in [-0.1, -0.05) is 35.5 Å². The van der Waals surface area contributed by atoms with Gasteiger partial charge in [-0.25, -0.2) is 0 Å². The Morgan fingerprint density at radius 2 is 2.08 bits per heavy atom. The first kappa shape index (κ1) is 15.0. The van der Waals surface area contributed by atoms with E-state index in [1.807, 2.05) is 37.4 Å². The SMILES string of the molecule is Cc1onc(-c2ccccc2)c1C(=O)Nc1c2c(nn1C)CSC2. The van der Waals surface area contributed by atoms with Crippen molar-refractivity contribution in [1.82, 2.24) is 14.9 Å². The first-order valence-corrected chi connectivity index (χ1v) is 8.76. The summed E-state index contributed by atoms with van der Waals surface area (Å²) in [6.45, 7) is 1.75. The van der Waals surface area contributed by atoms with Gasteiger partial charge in [0.25, 0.3) is 5.91 Å². The highest BCUT2D eigenvalue weighted by atomic mass is 32.2. The molecule has 0 fully saturated rings. The van der Waals surface area contributed by atoms with Crippen LogP contribution in [0.3, 0.4) is 0 Å². The molecule has 0 aliphatic carbocycles. The summed E-state index contributed by atoms with van der Waals surface area (Å²) in [5.41, 5.74) is 4.01. The molecule has 0 saturated carbocycles. The van der Waals surface area contributed by atoms with Crippen LogP contribution in [0.1, 0.15) is 27.4 Å². The van der Waals surface area contributed by atoms with Crippen molar-refractivity contribution < 1.29 is 9.32 Å². The van der Waals surface area contributed by atoms with Gasteiger partial charge in [0, 0.05) is 29.7 Å². The van der Waals surface area contributed by atoms with Crippen LogP contribution in [0.2, 0.25) is 0 Å². The highest BCUT2D eigenvalue weighted by molar-refractivity contribution is 7.98. The van der Waals surface area contributed by atoms with E-state index in [4.69, 9.17) is 4.52 Å². The predicted octanol–water partition coefficient (Wildman–Crippen LogP) is 3.38. The molecule has 6 nitrogen and oxygen atoms in total. The van der Waals surface area contributed by atoms with Gasteiger partial charge in [0.2, 0.25) is 0 Å². The van der Waals surface area contributed by atoms with E-state index in [0.717, 1.165) is 34.1 Å². The van der Waals surface area contributed by atoms with Crippen LogP contribution in [-0.2, 0) is 18.6 Å². The van der Waals surface area contributed by atoms with E-state index in [2.05, 4.69) is 15.6 Å². The van der Waals surface area contributed by atoms with Gasteiger partial charge < -0.3 is 9.84 Å². The lowest BCUT2D eigenvalue weighted by atomic mass is 10.1. The molecule has 0 unspecified atom stereocenters. The van der Waals surface area contributed by atoms with E-state index < -0.39 is 0 Å². The number of amides is 1. The minimum atomic E-state index is -0.227. The highest BCUT2D eigenvalue weighted by Crippen LogP contribution is 2.35. The molecule has 1 aliphatic rings. The van der Waals surface area contributed by atoms with E-state index >= 15 is 0 Å². The molecule has 0 atom stereocenters. The zero-order valence-corrected chi connectivity index (χ0v) is 14.2. The molecule has 122 valence electrons. The molecule has 0 radical (unpaired) electrons. The molecule has 0 saturated heterocycles. The third kappa shape index (κ3) is 2.41. The van der Waals surface area contributed by atoms with Crippen molar-refractivity contribution in [3.05, 3.63) is 52.9 Å². The molecular weight excluding hydrogens is 324 g/mol. The molecule has 4 rings (SSSR count). The molecule has 1 amide bonds. The van der Waals surface area contributed by atoms with Crippen molar-refractivity contribution in [3.63, 3.8) is 0 Å². The van der Waals surface area contributed by atoms with Gasteiger partial charge in [-0.15, -0.1) is 0 Å². The second-order valence-electron chi connectivity index (χ2n) is 5.67. The van der Waals surface area contributed by atoms with Crippen molar-refractivity contribution in [2.45, 2.75) is 18.4 Å². The molecule has 3 heterocycles. The number of nitrogens with zero attached hydrogens (tertiary/aromatic N) is 3. The normalized spacial score (nSPS) is 13.1. The van der Waals surface area contributed by atoms with E-state index in [-0.39, 0.29) is 5.91 Å². The van der Waals surface area contributed by atoms with Crippen molar-refractivity contribution >= 4 is 23.5 Å². The molecule has 0 spiro atoms. The quantitative estimate of drug-likeness (QED) is 0.791. The number of hydrogen-bond donors (Lipinski definition) is 1. The molecule has 2 aromatic heterocycles. The summed E-state index contributed by atoms with van der Waals surface area (Å²) in [7, 11) is 1.84. The Morgan fingerprint density at radius 1 is 1.29 bits per heavy atom. The smallest absolute Gasteiger partial charge is 0.262 e. The number of rotatable bonds is 3. The molecule has 24 heavy (non-hydrogen) atoms. The minimum absolute atomic E-state index is 0.227. The van der Waals surface area contributed by atoms with Gasteiger partial charge >= 0.3 is 0 Å². The Morgan fingerprint density at radius 3 is 2.88 bits per heavy atom. The predicted molar refractivity (Wildman–Crippen MR) is 92.8 cm³/mol. The lowest BCUT2D eigenvalue weighted by Gasteiger charge is -2.08. The Hall–Kier alpha value is -2.54. The topological polar surface area (TPSA) is 73.0 Å². The van der Waals surface area contributed by atoms with E-state index in [0.29, 0.717) is 17.0 Å². The number of nitrogens with one attached hydrogen (secondary N) is 1. The monoisotopic (exact) mass is 340 g/mol. The molecular formula is C17H16N4O2S. The highest BCUT2D eigenvalue weighted by Gasteiger charge is 2.26. The van der Waals surface area contributed by atoms with Gasteiger partial charge in [0.05, 0.1) is 5.69 Å². The average molecular weight is 340 g/mol. The molecule has 3 aromatic rings. The van der Waals surface area contributed by atoms with Crippen LogP contribution in [0.15, 0.2) is 34.9 Å². The van der Waals surface area contributed by atoms with E-state index in [1.165, 1.54) is 0 Å². The molecule has 1 aliphatic heterocycles. The van der Waals surface area contributed by atoms with Crippen LogP contribution in [0.25, 0.3) is 11.3 Å². The summed E-state index contributed by atoms with van der Waals surface area (Å²) in [6.07, 6.45) is 0. The second kappa shape index (κ2) is 5.83. The molecule has 1 aromatic carbocycles. The fraction of sp³-hybridized carbons (Fsp3) is 0.235. The summed E-state index contributed by atoms with van der Waals surface area (Å²) in [5, 5.41) is 11.5. The van der Waals surface area contributed by atoms with Gasteiger partial charge in [0.1, 0.15) is 22.8 Å². The maximum absolute atomic E-state index is 12.9. The van der Waals surface area contributed by atoms with Gasteiger partial charge in [-0.3, -0.25) is 9.48 Å². The van der Waals surface area contributed by atoms with E-state index in [1.54, 1.807) is 23.4 Å². The first-order valence-electron chi connectivity index (χ1n) is 7.60. The van der Waals surface area contributed by atoms with Crippen LogP contribution >= 0.6 is 11.8 Å². The van der Waals surface area contributed by atoms with Crippen molar-refractivity contribution in [2.75, 3.05) is 5.32 Å². The number of carbonyl (C=O) groups is 1. The van der Waals surface area contributed by atoms with Crippen molar-refractivity contribution in [2.24, 2.45) is 7.05 Å². The third-order valence-corrected chi connectivity index (χ3v) is 5.05. The summed E-state index contributed by atoms with van der Waals surface area (Å²) >= 11 is 1.80. The second-order valence-corrected chi connectivity index (χ2v) is 6.66. The van der Waals surface area contributed by atoms with Crippen molar-refractivity contribution in [1.29, 1.82) is 0 Å². The third-order valence-electron chi connectivity index (χ3n) is 4.08. The standard InChI is InChI=1S/C17H16N4O2S/c1-10-14(15(20-23-10)11-6-4-3-5-7-11)17(22)18-16-12-8-24-9-13(12)19-21(16)2/h3-7H,8-9H2,1-2H3,(H,18,22). The van der Waals surface area contributed by atoms with Crippen LogP contribution in [0.5, 0.6) is 0 Å². The van der Waals surface area contributed by atoms with Gasteiger partial charge in [-0.2, -0.15) is 16.9 Å². The summed E-state index contributed by atoms with van der Waals surface area (Å²) in [4.78, 5) is 12.9. The fourth-order valence-corrected chi connectivity index (χ4v) is 3.93. The number of carbonyl (C=O) groups excluding carboxylic acids is 1. The fourth-order valence-electron chi connectivity index (χ4n) is 2.90. The van der Waals surface area contributed by atoms with Crippen LogP contribution in [0, 0.1) is 6.92 Å². The first-order chi connectivity index (χ1) is 11.6. The average Bonchev–Trinajstić information content (AvgIpc) is 3.25. The summed E-state index contributed by atoms with van der Waals surface area (Å²) < 4.78 is 7.01. The number of aromatic nitrogens is 3.